The van der Waals surface area contributed by atoms with E-state index in [1.807, 2.05) is 91.0 Å². The second-order valence-electron chi connectivity index (χ2n) is 15.8. The third-order valence-corrected chi connectivity index (χ3v) is 11.4. The summed E-state index contributed by atoms with van der Waals surface area (Å²) in [6.07, 6.45) is -1.68. The number of phenolic OH excluding ortho intramolecular Hbond substituents is 1. The second-order valence-corrected chi connectivity index (χ2v) is 15.8. The van der Waals surface area contributed by atoms with Crippen LogP contribution in [0.5, 0.6) is 11.5 Å². The van der Waals surface area contributed by atoms with E-state index < -0.39 is 18.3 Å². The van der Waals surface area contributed by atoms with Crippen molar-refractivity contribution in [1.82, 2.24) is 20.4 Å². The average molecular weight is 891 g/mol. The van der Waals surface area contributed by atoms with Gasteiger partial charge in [-0.2, -0.15) is 10.0 Å². The first-order valence-corrected chi connectivity index (χ1v) is 21.9. The highest BCUT2D eigenvalue weighted by Crippen LogP contribution is 2.38. The van der Waals surface area contributed by atoms with E-state index in [1.54, 1.807) is 72.6 Å². The van der Waals surface area contributed by atoms with Crippen LogP contribution in [0.1, 0.15) is 39.1 Å². The van der Waals surface area contributed by atoms with Crippen LogP contribution in [0, 0.1) is 0 Å². The Morgan fingerprint density at radius 3 is 1.89 bits per heavy atom. The molecule has 0 bridgehead atoms. The van der Waals surface area contributed by atoms with Crippen molar-refractivity contribution in [2.75, 3.05) is 63.4 Å². The fraction of sp³-hybridized carbons (Fsp3) is 0.231. The standard InChI is InChI=1S/C52H54N6O8/c1-55(50(61)41-19-13-18-40(35-41)49(60)54-29-28-53-36-37-24-25-48(65-2)47(59)34-37)32-33-56-30-26-42(27-31-56)66-52(64)58(46-23-12-10-21-44(46)39-16-7-4-8-17-39)57(51(62)63)45-22-11-9-20-43(45)38-14-5-3-6-15-38/h3-25,34-35,42,53,59H,26-33,36H2,1-2H3,(H,54,60)(H,62,63). The minimum absolute atomic E-state index is 0.0615. The summed E-state index contributed by atoms with van der Waals surface area (Å²) in [6, 6.07) is 45.0. The van der Waals surface area contributed by atoms with Gasteiger partial charge >= 0.3 is 12.2 Å². The van der Waals surface area contributed by atoms with Crippen molar-refractivity contribution in [3.63, 3.8) is 0 Å². The minimum atomic E-state index is -1.37. The van der Waals surface area contributed by atoms with E-state index in [9.17, 15) is 29.4 Å². The van der Waals surface area contributed by atoms with Gasteiger partial charge in [-0.1, -0.05) is 109 Å². The molecule has 0 atom stereocenters. The molecule has 0 aliphatic carbocycles. The second kappa shape index (κ2) is 22.3. The number of hydrogen-bond acceptors (Lipinski definition) is 9. The molecular weight excluding hydrogens is 837 g/mol. The summed E-state index contributed by atoms with van der Waals surface area (Å²) in [5.41, 5.74) is 5.12. The summed E-state index contributed by atoms with van der Waals surface area (Å²) in [5, 5.41) is 29.1. The first-order chi connectivity index (χ1) is 32.1. The quantitative estimate of drug-likeness (QED) is 0.0547. The summed E-state index contributed by atoms with van der Waals surface area (Å²) < 4.78 is 11.3. The maximum absolute atomic E-state index is 14.6. The van der Waals surface area contributed by atoms with Crippen molar-refractivity contribution in [3.8, 4) is 33.8 Å². The van der Waals surface area contributed by atoms with Crippen LogP contribution in [0.15, 0.2) is 152 Å². The zero-order chi connectivity index (χ0) is 46.4. The van der Waals surface area contributed by atoms with Gasteiger partial charge in [-0.3, -0.25) is 9.59 Å². The molecule has 4 N–H and O–H groups in total. The zero-order valence-electron chi connectivity index (χ0n) is 37.0. The summed E-state index contributed by atoms with van der Waals surface area (Å²) in [6.45, 7) is 3.54. The van der Waals surface area contributed by atoms with E-state index in [-0.39, 0.29) is 23.3 Å². The van der Waals surface area contributed by atoms with Crippen molar-refractivity contribution in [3.05, 3.63) is 168 Å². The van der Waals surface area contributed by atoms with Crippen LogP contribution in [0.25, 0.3) is 22.3 Å². The molecule has 4 amide bonds. The van der Waals surface area contributed by atoms with Crippen molar-refractivity contribution in [1.29, 1.82) is 0 Å². The lowest BCUT2D eigenvalue weighted by molar-refractivity contribution is 0.0503. The van der Waals surface area contributed by atoms with Gasteiger partial charge in [0.2, 0.25) is 0 Å². The lowest BCUT2D eigenvalue weighted by Crippen LogP contribution is -2.52. The Morgan fingerprint density at radius 2 is 1.29 bits per heavy atom. The van der Waals surface area contributed by atoms with E-state index in [0.717, 1.165) is 26.7 Å². The molecule has 0 aromatic heterocycles. The van der Waals surface area contributed by atoms with E-state index in [4.69, 9.17) is 9.47 Å². The molecule has 0 spiro atoms. The minimum Gasteiger partial charge on any atom is -0.504 e. The van der Waals surface area contributed by atoms with Gasteiger partial charge < -0.3 is 40.1 Å². The van der Waals surface area contributed by atoms with E-state index in [2.05, 4.69) is 15.5 Å². The largest absolute Gasteiger partial charge is 0.504 e. The molecule has 340 valence electrons. The fourth-order valence-corrected chi connectivity index (χ4v) is 7.92. The number of amides is 4. The van der Waals surface area contributed by atoms with E-state index >= 15 is 0 Å². The number of piperidine rings is 1. The summed E-state index contributed by atoms with van der Waals surface area (Å²) in [7, 11) is 3.22. The highest BCUT2D eigenvalue weighted by Gasteiger charge is 2.36. The van der Waals surface area contributed by atoms with Crippen molar-refractivity contribution < 1.29 is 38.9 Å². The monoisotopic (exact) mass is 890 g/mol. The fourth-order valence-electron chi connectivity index (χ4n) is 7.92. The van der Waals surface area contributed by atoms with E-state index in [1.165, 1.54) is 7.11 Å². The highest BCUT2D eigenvalue weighted by molar-refractivity contribution is 6.06. The molecule has 66 heavy (non-hydrogen) atoms. The molecule has 0 unspecified atom stereocenters. The number of ether oxygens (including phenoxy) is 2. The van der Waals surface area contributed by atoms with Crippen molar-refractivity contribution >= 4 is 35.4 Å². The molecule has 1 heterocycles. The average Bonchev–Trinajstić information content (AvgIpc) is 3.35. The molecule has 14 nitrogen and oxygen atoms in total. The third-order valence-electron chi connectivity index (χ3n) is 11.4. The first-order valence-electron chi connectivity index (χ1n) is 21.9. The Bertz CT molecular complexity index is 2600. The summed E-state index contributed by atoms with van der Waals surface area (Å²) >= 11 is 0. The Hall–Kier alpha value is -7.68. The Kier molecular flexibility index (Phi) is 15.6. The SMILES string of the molecule is COc1ccc(CNCCNC(=O)c2cccc(C(=O)N(C)CCN3CCC(OC(=O)N(c4ccccc4-c4ccccc4)N(C(=O)O)c4ccccc4-c4ccccc4)CC3)c2)cc1O. The lowest BCUT2D eigenvalue weighted by atomic mass is 10.0. The number of likely N-dealkylation sites (N-methyl/N-ethyl adjacent to an activating group) is 1. The maximum atomic E-state index is 14.6. The molecule has 1 aliphatic heterocycles. The molecule has 1 fully saturated rings. The zero-order valence-corrected chi connectivity index (χ0v) is 37.0. The van der Waals surface area contributed by atoms with Gasteiger partial charge in [0.25, 0.3) is 11.8 Å². The lowest BCUT2D eigenvalue weighted by Gasteiger charge is -2.37. The Labute approximate surface area is 384 Å². The highest BCUT2D eigenvalue weighted by atomic mass is 16.6. The molecule has 1 aliphatic rings. The summed E-state index contributed by atoms with van der Waals surface area (Å²) in [4.78, 5) is 58.3. The number of carbonyl (C=O) groups is 4. The van der Waals surface area contributed by atoms with Gasteiger partial charge in [0.15, 0.2) is 11.5 Å². The molecule has 1 saturated heterocycles. The molecule has 0 saturated carbocycles. The first kappa shape index (κ1) is 46.3. The van der Waals surface area contributed by atoms with Gasteiger partial charge in [-0.25, -0.2) is 9.59 Å². The van der Waals surface area contributed by atoms with Crippen LogP contribution >= 0.6 is 0 Å². The van der Waals surface area contributed by atoms with Crippen LogP contribution in [-0.4, -0.2) is 104 Å². The molecule has 7 rings (SSSR count). The number of methoxy groups -OCH3 is 1. The molecule has 6 aromatic carbocycles. The van der Waals surface area contributed by atoms with Crippen molar-refractivity contribution in [2.45, 2.75) is 25.5 Å². The number of para-hydroxylation sites is 2. The van der Waals surface area contributed by atoms with Crippen LogP contribution in [0.2, 0.25) is 0 Å². The predicted octanol–water partition coefficient (Wildman–Crippen LogP) is 8.53. The Morgan fingerprint density at radius 1 is 0.697 bits per heavy atom. The smallest absolute Gasteiger partial charge is 0.434 e. The number of hydrazine groups is 1. The molecule has 6 aromatic rings. The number of aromatic hydroxyl groups is 1. The Balaban J connectivity index is 0.954. The van der Waals surface area contributed by atoms with Gasteiger partial charge in [0.1, 0.15) is 6.10 Å². The van der Waals surface area contributed by atoms with Crippen molar-refractivity contribution in [2.24, 2.45) is 0 Å². The van der Waals surface area contributed by atoms with Gasteiger partial charge in [0.05, 0.1) is 18.5 Å². The molecular formula is C52H54N6O8. The number of benzene rings is 6. The maximum Gasteiger partial charge on any atom is 0.434 e. The predicted molar refractivity (Wildman–Crippen MR) is 255 cm³/mol. The van der Waals surface area contributed by atoms with E-state index in [0.29, 0.717) is 92.3 Å². The number of nitrogens with zero attached hydrogens (tertiary/aromatic N) is 4. The number of anilines is 2. The molecule has 0 radical (unpaired) electrons. The van der Waals surface area contributed by atoms with Gasteiger partial charge in [0, 0.05) is 75.1 Å². The number of carboxylic acid groups (broad SMARTS) is 1. The van der Waals surface area contributed by atoms with Gasteiger partial charge in [-0.05, 0) is 72.0 Å². The van der Waals surface area contributed by atoms with Crippen LogP contribution in [0.4, 0.5) is 21.0 Å². The molecule has 14 heteroatoms. The number of nitrogens with one attached hydrogen (secondary N) is 2. The summed E-state index contributed by atoms with van der Waals surface area (Å²) in [5.74, 6) is -0.0504. The third kappa shape index (κ3) is 11.5. The number of likely N-dealkylation sites (tertiary alicyclic amines) is 1. The van der Waals surface area contributed by atoms with Gasteiger partial charge in [-0.15, -0.1) is 0 Å². The number of rotatable bonds is 16. The normalized spacial score (nSPS) is 12.8. The number of hydrogen-bond donors (Lipinski definition) is 4. The van der Waals surface area contributed by atoms with Crippen LogP contribution < -0.4 is 25.4 Å². The van der Waals surface area contributed by atoms with Crippen LogP contribution in [0.3, 0.4) is 0 Å². The number of phenols is 1. The number of carbonyl (C=O) groups excluding carboxylic acids is 3. The van der Waals surface area contributed by atoms with Crippen LogP contribution in [-0.2, 0) is 11.3 Å². The topological polar surface area (TPSA) is 164 Å².